The molecule has 0 saturated carbocycles. The van der Waals surface area contributed by atoms with Crippen LogP contribution in [0.4, 0.5) is 0 Å². The highest BCUT2D eigenvalue weighted by molar-refractivity contribution is 6.00. The first-order chi connectivity index (χ1) is 17.0. The molecule has 1 aliphatic heterocycles. The SMILES string of the molecule is Cc1ccc(-c2n[nH]c3c2C(c2ccc(OCCC(C)C)cc2)N(Cc2ccncc2)C3=O)cc1. The predicted molar refractivity (Wildman–Crippen MR) is 136 cm³/mol. The summed E-state index contributed by atoms with van der Waals surface area (Å²) in [5.41, 5.74) is 6.51. The average Bonchev–Trinajstić information content (AvgIpc) is 3.40. The van der Waals surface area contributed by atoms with E-state index < -0.39 is 0 Å². The number of aromatic nitrogens is 3. The maximum Gasteiger partial charge on any atom is 0.273 e. The van der Waals surface area contributed by atoms with Crippen molar-refractivity contribution < 1.29 is 9.53 Å². The van der Waals surface area contributed by atoms with E-state index in [0.717, 1.165) is 40.1 Å². The molecule has 5 rings (SSSR count). The first-order valence-electron chi connectivity index (χ1n) is 12.1. The van der Waals surface area contributed by atoms with Crippen molar-refractivity contribution in [2.75, 3.05) is 6.61 Å². The number of carbonyl (C=O) groups excluding carboxylic acids is 1. The second-order valence-corrected chi connectivity index (χ2v) is 9.52. The molecule has 1 unspecified atom stereocenters. The van der Waals surface area contributed by atoms with Gasteiger partial charge in [0.2, 0.25) is 0 Å². The van der Waals surface area contributed by atoms with Crippen LogP contribution in [-0.4, -0.2) is 32.6 Å². The Morgan fingerprint density at radius 1 is 1.00 bits per heavy atom. The van der Waals surface area contributed by atoms with Crippen LogP contribution in [0.15, 0.2) is 73.1 Å². The summed E-state index contributed by atoms with van der Waals surface area (Å²) in [6.45, 7) is 7.61. The minimum absolute atomic E-state index is 0.0510. The van der Waals surface area contributed by atoms with Crippen LogP contribution < -0.4 is 4.74 Å². The highest BCUT2D eigenvalue weighted by Gasteiger charge is 2.42. The van der Waals surface area contributed by atoms with E-state index >= 15 is 0 Å². The summed E-state index contributed by atoms with van der Waals surface area (Å²) in [6, 6.07) is 20.0. The Morgan fingerprint density at radius 2 is 1.71 bits per heavy atom. The van der Waals surface area contributed by atoms with E-state index in [1.807, 2.05) is 29.2 Å². The summed E-state index contributed by atoms with van der Waals surface area (Å²) in [4.78, 5) is 19.6. The van der Waals surface area contributed by atoms with E-state index in [2.05, 4.69) is 72.4 Å². The molecule has 1 aliphatic rings. The highest BCUT2D eigenvalue weighted by Crippen LogP contribution is 2.43. The molecule has 0 bridgehead atoms. The monoisotopic (exact) mass is 466 g/mol. The standard InChI is InChI=1S/C29H30N4O2/c1-19(2)14-17-35-24-10-8-23(9-11-24)28-25-26(22-6-4-20(3)5-7-22)31-32-27(25)29(34)33(28)18-21-12-15-30-16-13-21/h4-13,15-16,19,28H,14,17-18H2,1-3H3,(H,31,32). The molecule has 0 radical (unpaired) electrons. The van der Waals surface area contributed by atoms with Crippen LogP contribution in [0.3, 0.4) is 0 Å². The lowest BCUT2D eigenvalue weighted by molar-refractivity contribution is 0.0730. The molecule has 0 aliphatic carbocycles. The Labute approximate surface area is 206 Å². The summed E-state index contributed by atoms with van der Waals surface area (Å²) < 4.78 is 5.93. The van der Waals surface area contributed by atoms with Crippen molar-refractivity contribution in [2.45, 2.75) is 39.8 Å². The maximum absolute atomic E-state index is 13.6. The number of hydrogen-bond acceptors (Lipinski definition) is 4. The fourth-order valence-corrected chi connectivity index (χ4v) is 4.48. The van der Waals surface area contributed by atoms with E-state index in [0.29, 0.717) is 24.8 Å². The number of rotatable bonds is 8. The molecule has 1 amide bonds. The van der Waals surface area contributed by atoms with Gasteiger partial charge in [-0.1, -0.05) is 55.8 Å². The molecule has 178 valence electrons. The third kappa shape index (κ3) is 4.69. The van der Waals surface area contributed by atoms with Gasteiger partial charge in [-0.25, -0.2) is 0 Å². The molecule has 2 aromatic heterocycles. The van der Waals surface area contributed by atoms with Gasteiger partial charge in [0.15, 0.2) is 0 Å². The smallest absolute Gasteiger partial charge is 0.273 e. The Balaban J connectivity index is 1.52. The summed E-state index contributed by atoms with van der Waals surface area (Å²) >= 11 is 0. The van der Waals surface area contributed by atoms with E-state index in [4.69, 9.17) is 4.74 Å². The van der Waals surface area contributed by atoms with Crippen molar-refractivity contribution in [1.29, 1.82) is 0 Å². The molecule has 0 spiro atoms. The number of ether oxygens (including phenoxy) is 1. The fraction of sp³-hybridized carbons (Fsp3) is 0.276. The van der Waals surface area contributed by atoms with E-state index in [9.17, 15) is 4.79 Å². The molecule has 3 heterocycles. The van der Waals surface area contributed by atoms with Crippen LogP contribution in [0.1, 0.15) is 59.1 Å². The van der Waals surface area contributed by atoms with Gasteiger partial charge in [-0.05, 0) is 54.7 Å². The minimum Gasteiger partial charge on any atom is -0.494 e. The summed E-state index contributed by atoms with van der Waals surface area (Å²) in [5, 5.41) is 7.61. The molecular formula is C29H30N4O2. The number of fused-ring (bicyclic) bond motifs is 1. The highest BCUT2D eigenvalue weighted by atomic mass is 16.5. The second kappa shape index (κ2) is 9.74. The van der Waals surface area contributed by atoms with Crippen molar-refractivity contribution in [3.63, 3.8) is 0 Å². The first kappa shape index (κ1) is 22.8. The van der Waals surface area contributed by atoms with Gasteiger partial charge >= 0.3 is 0 Å². The Kier molecular flexibility index (Phi) is 6.36. The molecule has 1 atom stereocenters. The Hall–Kier alpha value is -3.93. The van der Waals surface area contributed by atoms with Crippen molar-refractivity contribution >= 4 is 5.91 Å². The average molecular weight is 467 g/mol. The van der Waals surface area contributed by atoms with Gasteiger partial charge in [0.1, 0.15) is 11.4 Å². The molecule has 1 N–H and O–H groups in total. The number of amides is 1. The van der Waals surface area contributed by atoms with E-state index in [1.165, 1.54) is 5.56 Å². The van der Waals surface area contributed by atoms with Gasteiger partial charge in [-0.15, -0.1) is 0 Å². The lowest BCUT2D eigenvalue weighted by atomic mass is 9.95. The van der Waals surface area contributed by atoms with Gasteiger partial charge in [0.25, 0.3) is 5.91 Å². The molecule has 6 nitrogen and oxygen atoms in total. The van der Waals surface area contributed by atoms with Gasteiger partial charge < -0.3 is 9.64 Å². The normalized spacial score (nSPS) is 15.0. The number of hydrogen-bond donors (Lipinski definition) is 1. The molecule has 6 heteroatoms. The lowest BCUT2D eigenvalue weighted by Gasteiger charge is -2.26. The predicted octanol–water partition coefficient (Wildman–Crippen LogP) is 5.95. The molecule has 4 aromatic rings. The van der Waals surface area contributed by atoms with Gasteiger partial charge in [0, 0.05) is 30.1 Å². The number of aryl methyl sites for hydroxylation is 1. The van der Waals surface area contributed by atoms with Gasteiger partial charge in [-0.2, -0.15) is 5.10 Å². The first-order valence-corrected chi connectivity index (χ1v) is 12.1. The minimum atomic E-state index is -0.259. The van der Waals surface area contributed by atoms with E-state index in [1.54, 1.807) is 12.4 Å². The van der Waals surface area contributed by atoms with Crippen molar-refractivity contribution in [1.82, 2.24) is 20.1 Å². The lowest BCUT2D eigenvalue weighted by Crippen LogP contribution is -2.29. The zero-order chi connectivity index (χ0) is 24.4. The summed E-state index contributed by atoms with van der Waals surface area (Å²) in [7, 11) is 0. The second-order valence-electron chi connectivity index (χ2n) is 9.52. The van der Waals surface area contributed by atoms with Crippen LogP contribution >= 0.6 is 0 Å². The topological polar surface area (TPSA) is 71.1 Å². The molecular weight excluding hydrogens is 436 g/mol. The number of pyridine rings is 1. The van der Waals surface area contributed by atoms with Crippen molar-refractivity contribution in [3.05, 3.63) is 101 Å². The third-order valence-corrected chi connectivity index (χ3v) is 6.45. The third-order valence-electron chi connectivity index (χ3n) is 6.45. The number of carbonyl (C=O) groups is 1. The van der Waals surface area contributed by atoms with Crippen LogP contribution in [0, 0.1) is 12.8 Å². The number of benzene rings is 2. The summed E-state index contributed by atoms with van der Waals surface area (Å²) in [5.74, 6) is 1.38. The van der Waals surface area contributed by atoms with E-state index in [-0.39, 0.29) is 11.9 Å². The van der Waals surface area contributed by atoms with Crippen molar-refractivity contribution in [3.8, 4) is 17.0 Å². The van der Waals surface area contributed by atoms with Crippen LogP contribution in [0.2, 0.25) is 0 Å². The van der Waals surface area contributed by atoms with Crippen molar-refractivity contribution in [2.24, 2.45) is 5.92 Å². The number of H-pyrrole nitrogens is 1. The molecule has 35 heavy (non-hydrogen) atoms. The van der Waals surface area contributed by atoms with Gasteiger partial charge in [-0.3, -0.25) is 14.9 Å². The maximum atomic E-state index is 13.6. The zero-order valence-corrected chi connectivity index (χ0v) is 20.4. The quantitative estimate of drug-likeness (QED) is 0.348. The summed E-state index contributed by atoms with van der Waals surface area (Å²) in [6.07, 6.45) is 4.52. The van der Waals surface area contributed by atoms with Crippen LogP contribution in [0.25, 0.3) is 11.3 Å². The number of nitrogens with one attached hydrogen (secondary N) is 1. The largest absolute Gasteiger partial charge is 0.494 e. The zero-order valence-electron chi connectivity index (χ0n) is 20.4. The Bertz CT molecular complexity index is 1300. The molecule has 0 saturated heterocycles. The van der Waals surface area contributed by atoms with Crippen LogP contribution in [0.5, 0.6) is 5.75 Å². The molecule has 0 fully saturated rings. The molecule has 2 aromatic carbocycles. The van der Waals surface area contributed by atoms with Crippen LogP contribution in [-0.2, 0) is 6.54 Å². The van der Waals surface area contributed by atoms with Gasteiger partial charge in [0.05, 0.1) is 18.3 Å². The number of nitrogens with zero attached hydrogens (tertiary/aromatic N) is 3. The number of aromatic amines is 1. The fourth-order valence-electron chi connectivity index (χ4n) is 4.48. The Morgan fingerprint density at radius 3 is 2.40 bits per heavy atom.